The summed E-state index contributed by atoms with van der Waals surface area (Å²) in [5, 5.41) is 6.42. The Morgan fingerprint density at radius 3 is 1.71 bits per heavy atom. The van der Waals surface area contributed by atoms with Crippen LogP contribution in [0.4, 0.5) is 9.59 Å². The molecule has 0 aliphatic heterocycles. The summed E-state index contributed by atoms with van der Waals surface area (Å²) in [6.45, 7) is -1.34. The average molecular weight is 602 g/mol. The van der Waals surface area contributed by atoms with Crippen molar-refractivity contribution in [2.24, 2.45) is 0 Å². The van der Waals surface area contributed by atoms with Gasteiger partial charge in [0.15, 0.2) is 6.17 Å². The number of hydrogen-bond donors (Lipinski definition) is 3. The van der Waals surface area contributed by atoms with Gasteiger partial charge in [0.25, 0.3) is 5.91 Å². The zero-order valence-electron chi connectivity index (χ0n) is 17.3. The van der Waals surface area contributed by atoms with Gasteiger partial charge in [0.2, 0.25) is 7.59 Å². The van der Waals surface area contributed by atoms with Crippen LogP contribution in [0.3, 0.4) is 0 Å². The Morgan fingerprint density at radius 2 is 1.29 bits per heavy atom. The van der Waals surface area contributed by atoms with Crippen LogP contribution in [-0.4, -0.2) is 64.2 Å². The number of hydrogen-bond acceptors (Lipinski definition) is 7. The molecule has 0 radical (unpaired) electrons. The van der Waals surface area contributed by atoms with Gasteiger partial charge in [0.05, 0.1) is 7.11 Å². The second-order valence-corrected chi connectivity index (χ2v) is 11.4. The Kier molecular flexibility index (Phi) is 12.6. The first kappa shape index (κ1) is 30.5. The molecule has 3 amide bonds. The monoisotopic (exact) mass is 599 g/mol. The third kappa shape index (κ3) is 13.4. The topological polar surface area (TPSA) is 132 Å². The number of amides is 3. The molecule has 10 nitrogen and oxygen atoms in total. The summed E-state index contributed by atoms with van der Waals surface area (Å²) in [7, 11) is 1.13. The van der Waals surface area contributed by atoms with Crippen LogP contribution in [0.15, 0.2) is 30.3 Å². The fraction of sp³-hybridized carbons (Fsp3) is 0.444. The second kappa shape index (κ2) is 14.1. The predicted molar refractivity (Wildman–Crippen MR) is 127 cm³/mol. The van der Waals surface area contributed by atoms with Crippen molar-refractivity contribution < 1.29 is 33.4 Å². The summed E-state index contributed by atoms with van der Waals surface area (Å²) in [4.78, 5) is 49.1. The third-order valence-corrected chi connectivity index (χ3v) is 4.26. The van der Waals surface area contributed by atoms with E-state index in [1.165, 1.54) is 0 Å². The van der Waals surface area contributed by atoms with Gasteiger partial charge in [-0.1, -0.05) is 99.9 Å². The molecule has 0 aromatic heterocycles. The number of alkyl carbamates (subject to hydrolysis) is 2. The maximum Gasteiger partial charge on any atom is 0.409 e. The Bertz CT molecular complexity index is 817. The van der Waals surface area contributed by atoms with E-state index in [4.69, 9.17) is 74.3 Å². The lowest BCUT2D eigenvalue weighted by atomic mass is 10.1. The fourth-order valence-corrected chi connectivity index (χ4v) is 2.55. The summed E-state index contributed by atoms with van der Waals surface area (Å²) in [5.41, 5.74) is 0.694. The van der Waals surface area contributed by atoms with Crippen LogP contribution in [0, 0.1) is 0 Å². The first-order valence-electron chi connectivity index (χ1n) is 9.12. The summed E-state index contributed by atoms with van der Waals surface area (Å²) in [6.07, 6.45) is -4.26. The van der Waals surface area contributed by atoms with E-state index in [9.17, 15) is 19.2 Å². The molecule has 0 aliphatic carbocycles. The van der Waals surface area contributed by atoms with Gasteiger partial charge in [0, 0.05) is 6.42 Å². The van der Waals surface area contributed by atoms with Crippen LogP contribution >= 0.6 is 69.6 Å². The van der Waals surface area contributed by atoms with E-state index in [-0.39, 0.29) is 6.42 Å². The Morgan fingerprint density at radius 1 is 0.824 bits per heavy atom. The number of benzene rings is 1. The number of carbonyl (C=O) groups is 4. The number of rotatable bonds is 9. The Balaban J connectivity index is 2.96. The highest BCUT2D eigenvalue weighted by Crippen LogP contribution is 2.26. The average Bonchev–Trinajstić information content (AvgIpc) is 2.74. The van der Waals surface area contributed by atoms with E-state index >= 15 is 0 Å². The molecule has 3 N–H and O–H groups in total. The molecular formula is C18H19Cl6N3O7. The molecule has 1 atom stereocenters. The van der Waals surface area contributed by atoms with Crippen LogP contribution in [-0.2, 0) is 30.2 Å². The van der Waals surface area contributed by atoms with Gasteiger partial charge in [-0.25, -0.2) is 14.4 Å². The van der Waals surface area contributed by atoms with E-state index < -0.39 is 57.1 Å². The molecule has 1 aromatic rings. The SMILES string of the molecule is COC(=O)[C@H](Cc1ccccc1)NC(=O)C(NC(=O)OCC(Cl)(Cl)Cl)NC(=O)OCC(Cl)(Cl)Cl. The number of halogens is 6. The first-order chi connectivity index (χ1) is 15.7. The second-order valence-electron chi connectivity index (χ2n) is 6.38. The van der Waals surface area contributed by atoms with Gasteiger partial charge in [-0.15, -0.1) is 0 Å². The minimum absolute atomic E-state index is 0.0430. The molecule has 0 unspecified atom stereocenters. The number of carbonyl (C=O) groups excluding carboxylic acids is 4. The lowest BCUT2D eigenvalue weighted by molar-refractivity contribution is -0.145. The summed E-state index contributed by atoms with van der Waals surface area (Å²) in [5.74, 6) is -1.82. The van der Waals surface area contributed by atoms with E-state index in [1.807, 2.05) is 10.6 Å². The molecular weight excluding hydrogens is 583 g/mol. The van der Waals surface area contributed by atoms with Gasteiger partial charge < -0.3 is 19.5 Å². The lowest BCUT2D eigenvalue weighted by Gasteiger charge is -2.23. The van der Waals surface area contributed by atoms with Crippen molar-refractivity contribution in [3.63, 3.8) is 0 Å². The van der Waals surface area contributed by atoms with Crippen molar-refractivity contribution >= 4 is 93.7 Å². The predicted octanol–water partition coefficient (Wildman–Crippen LogP) is 3.41. The summed E-state index contributed by atoms with van der Waals surface area (Å²) < 4.78 is 10.2. The molecule has 1 rings (SSSR count). The van der Waals surface area contributed by atoms with E-state index in [0.717, 1.165) is 7.11 Å². The van der Waals surface area contributed by atoms with E-state index in [2.05, 4.69) is 14.8 Å². The van der Waals surface area contributed by atoms with Crippen LogP contribution in [0.25, 0.3) is 0 Å². The molecule has 190 valence electrons. The van der Waals surface area contributed by atoms with E-state index in [0.29, 0.717) is 5.56 Å². The molecule has 0 spiro atoms. The lowest BCUT2D eigenvalue weighted by Crippen LogP contribution is -2.59. The molecule has 0 saturated heterocycles. The zero-order chi connectivity index (χ0) is 25.9. The highest BCUT2D eigenvalue weighted by atomic mass is 35.6. The molecule has 16 heteroatoms. The maximum absolute atomic E-state index is 12.8. The number of nitrogens with one attached hydrogen (secondary N) is 3. The largest absolute Gasteiger partial charge is 0.467 e. The number of ether oxygens (including phenoxy) is 3. The van der Waals surface area contributed by atoms with Gasteiger partial charge in [-0.2, -0.15) is 0 Å². The Labute approximate surface area is 224 Å². The molecule has 0 heterocycles. The molecule has 0 saturated carbocycles. The first-order valence-corrected chi connectivity index (χ1v) is 11.4. The van der Waals surface area contributed by atoms with Crippen molar-refractivity contribution in [1.29, 1.82) is 0 Å². The number of alkyl halides is 6. The molecule has 0 aliphatic rings. The smallest absolute Gasteiger partial charge is 0.409 e. The molecule has 0 fully saturated rings. The third-order valence-electron chi connectivity index (χ3n) is 3.61. The van der Waals surface area contributed by atoms with Gasteiger partial charge in [-0.3, -0.25) is 15.4 Å². The van der Waals surface area contributed by atoms with Crippen molar-refractivity contribution in [3.05, 3.63) is 35.9 Å². The van der Waals surface area contributed by atoms with Crippen molar-refractivity contribution in [2.45, 2.75) is 26.2 Å². The highest BCUT2D eigenvalue weighted by molar-refractivity contribution is 6.68. The van der Waals surface area contributed by atoms with Crippen molar-refractivity contribution in [2.75, 3.05) is 20.3 Å². The molecule has 34 heavy (non-hydrogen) atoms. The van der Waals surface area contributed by atoms with Gasteiger partial charge >= 0.3 is 18.2 Å². The normalized spacial score (nSPS) is 12.4. The van der Waals surface area contributed by atoms with Crippen LogP contribution < -0.4 is 16.0 Å². The number of methoxy groups -OCH3 is 1. The number of esters is 1. The summed E-state index contributed by atoms with van der Waals surface area (Å²) >= 11 is 33.1. The van der Waals surface area contributed by atoms with Crippen LogP contribution in [0.1, 0.15) is 5.56 Å². The van der Waals surface area contributed by atoms with Gasteiger partial charge in [-0.05, 0) is 5.56 Å². The molecule has 1 aromatic carbocycles. The van der Waals surface area contributed by atoms with E-state index in [1.54, 1.807) is 30.3 Å². The standard InChI is InChI=1S/C18H19Cl6N3O7/c1-32-14(29)11(7-10-5-3-2-4-6-10)25-13(28)12(26-15(30)33-8-17(19,20)21)27-16(31)34-9-18(22,23)24/h2-6,11-12H,7-9H2,1H3,(H,25,28)(H,26,30)(H,27,31)/t11-/m0/s1. The van der Waals surface area contributed by atoms with Crippen LogP contribution in [0.5, 0.6) is 0 Å². The minimum Gasteiger partial charge on any atom is -0.467 e. The summed E-state index contributed by atoms with van der Waals surface area (Å²) in [6, 6.07) is 7.50. The maximum atomic E-state index is 12.8. The van der Waals surface area contributed by atoms with Gasteiger partial charge in [0.1, 0.15) is 19.3 Å². The van der Waals surface area contributed by atoms with Crippen LogP contribution in [0.2, 0.25) is 0 Å². The van der Waals surface area contributed by atoms with Crippen molar-refractivity contribution in [3.8, 4) is 0 Å². The fourth-order valence-electron chi connectivity index (χ4n) is 2.22. The highest BCUT2D eigenvalue weighted by Gasteiger charge is 2.31. The van der Waals surface area contributed by atoms with Crippen molar-refractivity contribution in [1.82, 2.24) is 16.0 Å². The zero-order valence-corrected chi connectivity index (χ0v) is 21.8. The minimum atomic E-state index is -1.93. The Hall–Kier alpha value is -1.56. The molecule has 0 bridgehead atoms. The quantitative estimate of drug-likeness (QED) is 0.171.